The second-order valence-corrected chi connectivity index (χ2v) is 8.49. The number of aryl methyl sites for hydroxylation is 2. The van der Waals surface area contributed by atoms with Crippen LogP contribution in [0.5, 0.6) is 5.88 Å². The molecule has 3 heterocycles. The number of rotatable bonds is 7. The number of aromatic nitrogens is 4. The zero-order chi connectivity index (χ0) is 21.3. The standard InChI is InChI=1S/C24H28N4O2/c1-5-16-6-8-21(26-11-16)19-10-18(19)14-30-23-20(13-25-15(2)28-23)17-7-9-22(27-12-17)24(3,4)29/h6-9,11-13,18-19,29H,5,10,14H2,1-4H3/t18-,19+/m1/s1. The van der Waals surface area contributed by atoms with Gasteiger partial charge >= 0.3 is 0 Å². The van der Waals surface area contributed by atoms with Crippen LogP contribution < -0.4 is 4.74 Å². The molecule has 156 valence electrons. The Morgan fingerprint density at radius 2 is 1.90 bits per heavy atom. The number of hydrogen-bond donors (Lipinski definition) is 1. The van der Waals surface area contributed by atoms with Gasteiger partial charge < -0.3 is 9.84 Å². The second-order valence-electron chi connectivity index (χ2n) is 8.49. The van der Waals surface area contributed by atoms with E-state index in [0.717, 1.165) is 29.7 Å². The molecule has 3 aromatic rings. The van der Waals surface area contributed by atoms with E-state index in [1.54, 1.807) is 26.2 Å². The smallest absolute Gasteiger partial charge is 0.224 e. The molecule has 6 heteroatoms. The summed E-state index contributed by atoms with van der Waals surface area (Å²) in [5.41, 5.74) is 3.71. The van der Waals surface area contributed by atoms with E-state index in [0.29, 0.717) is 35.8 Å². The maximum absolute atomic E-state index is 10.1. The van der Waals surface area contributed by atoms with Gasteiger partial charge in [0.2, 0.25) is 5.88 Å². The van der Waals surface area contributed by atoms with Gasteiger partial charge in [-0.15, -0.1) is 0 Å². The monoisotopic (exact) mass is 404 g/mol. The summed E-state index contributed by atoms with van der Waals surface area (Å²) in [6.07, 6.45) is 7.56. The van der Waals surface area contributed by atoms with Crippen LogP contribution in [0.2, 0.25) is 0 Å². The van der Waals surface area contributed by atoms with Crippen molar-refractivity contribution in [3.05, 3.63) is 65.6 Å². The van der Waals surface area contributed by atoms with Gasteiger partial charge in [0, 0.05) is 41.7 Å². The van der Waals surface area contributed by atoms with Crippen molar-refractivity contribution < 1.29 is 9.84 Å². The summed E-state index contributed by atoms with van der Waals surface area (Å²) >= 11 is 0. The molecule has 6 nitrogen and oxygen atoms in total. The summed E-state index contributed by atoms with van der Waals surface area (Å²) in [6, 6.07) is 8.04. The van der Waals surface area contributed by atoms with Crippen LogP contribution in [-0.2, 0) is 12.0 Å². The lowest BCUT2D eigenvalue weighted by molar-refractivity contribution is 0.0739. The van der Waals surface area contributed by atoms with Crippen molar-refractivity contribution in [3.63, 3.8) is 0 Å². The summed E-state index contributed by atoms with van der Waals surface area (Å²) in [6.45, 7) is 8.02. The summed E-state index contributed by atoms with van der Waals surface area (Å²) < 4.78 is 6.13. The molecule has 1 aliphatic carbocycles. The molecule has 1 N–H and O–H groups in total. The Labute approximate surface area is 177 Å². The summed E-state index contributed by atoms with van der Waals surface area (Å²) in [5.74, 6) is 2.14. The molecule has 30 heavy (non-hydrogen) atoms. The Balaban J connectivity index is 1.46. The minimum atomic E-state index is -0.980. The number of aliphatic hydroxyl groups is 1. The molecular formula is C24H28N4O2. The van der Waals surface area contributed by atoms with Gasteiger partial charge in [-0.25, -0.2) is 4.98 Å². The van der Waals surface area contributed by atoms with E-state index in [4.69, 9.17) is 4.74 Å². The van der Waals surface area contributed by atoms with E-state index in [1.165, 1.54) is 5.56 Å². The van der Waals surface area contributed by atoms with Crippen LogP contribution in [0.1, 0.15) is 55.9 Å². The molecule has 1 fully saturated rings. The van der Waals surface area contributed by atoms with Crippen LogP contribution in [0.15, 0.2) is 42.9 Å². The van der Waals surface area contributed by atoms with Crippen molar-refractivity contribution in [1.82, 2.24) is 19.9 Å². The van der Waals surface area contributed by atoms with Crippen LogP contribution in [0, 0.1) is 12.8 Å². The molecule has 0 aromatic carbocycles. The predicted molar refractivity (Wildman–Crippen MR) is 115 cm³/mol. The first-order valence-electron chi connectivity index (χ1n) is 10.5. The van der Waals surface area contributed by atoms with Crippen molar-refractivity contribution in [2.75, 3.05) is 6.61 Å². The number of ether oxygens (including phenoxy) is 1. The fourth-order valence-corrected chi connectivity index (χ4v) is 3.52. The lowest BCUT2D eigenvalue weighted by atomic mass is 10.0. The van der Waals surface area contributed by atoms with Crippen molar-refractivity contribution in [2.45, 2.75) is 52.1 Å². The SMILES string of the molecule is CCc1ccc([C@H]2C[C@@H]2COc2nc(C)ncc2-c2ccc(C(C)(C)O)nc2)nc1. The molecule has 3 aromatic heterocycles. The highest BCUT2D eigenvalue weighted by molar-refractivity contribution is 5.67. The van der Waals surface area contributed by atoms with E-state index in [2.05, 4.69) is 39.0 Å². The number of hydrogen-bond acceptors (Lipinski definition) is 6. The molecule has 4 rings (SSSR count). The fraction of sp³-hybridized carbons (Fsp3) is 0.417. The van der Waals surface area contributed by atoms with E-state index >= 15 is 0 Å². The molecule has 0 spiro atoms. The van der Waals surface area contributed by atoms with Crippen LogP contribution >= 0.6 is 0 Å². The molecule has 2 atom stereocenters. The lowest BCUT2D eigenvalue weighted by Crippen LogP contribution is -2.17. The van der Waals surface area contributed by atoms with E-state index in [9.17, 15) is 5.11 Å². The van der Waals surface area contributed by atoms with Gasteiger partial charge in [-0.1, -0.05) is 19.1 Å². The fourth-order valence-electron chi connectivity index (χ4n) is 3.52. The molecular weight excluding hydrogens is 376 g/mol. The summed E-state index contributed by atoms with van der Waals surface area (Å²) in [5, 5.41) is 10.1. The lowest BCUT2D eigenvalue weighted by Gasteiger charge is -2.17. The highest BCUT2D eigenvalue weighted by Gasteiger charge is 2.40. The minimum Gasteiger partial charge on any atom is -0.477 e. The normalized spacial score (nSPS) is 18.3. The van der Waals surface area contributed by atoms with Crippen LogP contribution in [0.4, 0.5) is 0 Å². The Bertz CT molecular complexity index is 1010. The molecule has 0 amide bonds. The number of pyridine rings is 2. The molecule has 0 saturated heterocycles. The highest BCUT2D eigenvalue weighted by atomic mass is 16.5. The molecule has 0 bridgehead atoms. The average molecular weight is 405 g/mol. The quantitative estimate of drug-likeness (QED) is 0.635. The average Bonchev–Trinajstić information content (AvgIpc) is 3.51. The first-order chi connectivity index (χ1) is 14.3. The van der Waals surface area contributed by atoms with Crippen molar-refractivity contribution >= 4 is 0 Å². The Morgan fingerprint density at radius 1 is 1.07 bits per heavy atom. The molecule has 0 aliphatic heterocycles. The molecule has 1 aliphatic rings. The molecule has 0 unspecified atom stereocenters. The van der Waals surface area contributed by atoms with Gasteiger partial charge in [0.15, 0.2) is 0 Å². The maximum atomic E-state index is 10.1. The van der Waals surface area contributed by atoms with E-state index in [-0.39, 0.29) is 0 Å². The highest BCUT2D eigenvalue weighted by Crippen LogP contribution is 2.47. The van der Waals surface area contributed by atoms with Crippen LogP contribution in [-0.4, -0.2) is 31.6 Å². The zero-order valence-electron chi connectivity index (χ0n) is 18.0. The Kier molecular flexibility index (Phi) is 5.52. The first-order valence-corrected chi connectivity index (χ1v) is 10.5. The van der Waals surface area contributed by atoms with E-state index < -0.39 is 5.60 Å². The third kappa shape index (κ3) is 4.49. The van der Waals surface area contributed by atoms with Gasteiger partial charge in [0.25, 0.3) is 0 Å². The predicted octanol–water partition coefficient (Wildman–Crippen LogP) is 4.21. The van der Waals surface area contributed by atoms with Crippen LogP contribution in [0.25, 0.3) is 11.1 Å². The van der Waals surface area contributed by atoms with Crippen molar-refractivity contribution in [2.24, 2.45) is 5.92 Å². The first kappa shape index (κ1) is 20.4. The Morgan fingerprint density at radius 3 is 2.53 bits per heavy atom. The van der Waals surface area contributed by atoms with Crippen molar-refractivity contribution in [3.8, 4) is 17.0 Å². The number of nitrogens with zero attached hydrogens (tertiary/aromatic N) is 4. The van der Waals surface area contributed by atoms with Gasteiger partial charge in [-0.05, 0) is 51.3 Å². The second kappa shape index (κ2) is 8.11. The zero-order valence-corrected chi connectivity index (χ0v) is 18.0. The van der Waals surface area contributed by atoms with Crippen molar-refractivity contribution in [1.29, 1.82) is 0 Å². The summed E-state index contributed by atoms with van der Waals surface area (Å²) in [4.78, 5) is 17.9. The Hall–Kier alpha value is -2.86. The van der Waals surface area contributed by atoms with Crippen LogP contribution in [0.3, 0.4) is 0 Å². The van der Waals surface area contributed by atoms with Gasteiger partial charge in [-0.3, -0.25) is 9.97 Å². The largest absolute Gasteiger partial charge is 0.477 e. The molecule has 1 saturated carbocycles. The molecule has 0 radical (unpaired) electrons. The maximum Gasteiger partial charge on any atom is 0.224 e. The van der Waals surface area contributed by atoms with Gasteiger partial charge in [-0.2, -0.15) is 4.98 Å². The third-order valence-electron chi connectivity index (χ3n) is 5.57. The third-order valence-corrected chi connectivity index (χ3v) is 5.57. The van der Waals surface area contributed by atoms with Gasteiger partial charge in [0.1, 0.15) is 11.4 Å². The summed E-state index contributed by atoms with van der Waals surface area (Å²) in [7, 11) is 0. The van der Waals surface area contributed by atoms with Gasteiger partial charge in [0.05, 0.1) is 17.9 Å². The minimum absolute atomic E-state index is 0.448. The van der Waals surface area contributed by atoms with E-state index in [1.807, 2.05) is 25.3 Å². The topological polar surface area (TPSA) is 81.0 Å².